The molecule has 2 aromatic carbocycles. The fraction of sp³-hybridized carbons (Fsp3) is 0.182. The maximum Gasteiger partial charge on any atom is 0.321 e. The number of para-hydroxylation sites is 1. The minimum atomic E-state index is -0.0903. The first-order valence-corrected chi connectivity index (χ1v) is 10.4. The second kappa shape index (κ2) is 8.23. The van der Waals surface area contributed by atoms with E-state index in [0.29, 0.717) is 31.2 Å². The molecule has 8 nitrogen and oxygen atoms in total. The van der Waals surface area contributed by atoms with Gasteiger partial charge in [0.2, 0.25) is 0 Å². The van der Waals surface area contributed by atoms with Gasteiger partial charge in [-0.2, -0.15) is 5.10 Å². The van der Waals surface area contributed by atoms with Crippen molar-refractivity contribution in [2.45, 2.75) is 0 Å². The molecule has 31 heavy (non-hydrogen) atoms. The van der Waals surface area contributed by atoms with Crippen molar-refractivity contribution in [3.05, 3.63) is 72.1 Å². The molecule has 0 aliphatic carbocycles. The smallest absolute Gasteiger partial charge is 0.321 e. The summed E-state index contributed by atoms with van der Waals surface area (Å²) >= 11 is 6.14. The Morgan fingerprint density at radius 2 is 1.77 bits per heavy atom. The maximum absolute atomic E-state index is 12.6. The van der Waals surface area contributed by atoms with E-state index < -0.39 is 0 Å². The van der Waals surface area contributed by atoms with Crippen LogP contribution in [0.2, 0.25) is 5.02 Å². The zero-order valence-electron chi connectivity index (χ0n) is 16.6. The van der Waals surface area contributed by atoms with Crippen molar-refractivity contribution in [2.24, 2.45) is 0 Å². The topological polar surface area (TPSA) is 79.2 Å². The Hall–Kier alpha value is -3.65. The zero-order chi connectivity index (χ0) is 21.2. The van der Waals surface area contributed by atoms with Gasteiger partial charge in [0, 0.05) is 36.9 Å². The van der Waals surface area contributed by atoms with E-state index in [1.54, 1.807) is 17.2 Å². The van der Waals surface area contributed by atoms with Crippen LogP contribution in [0.3, 0.4) is 0 Å². The zero-order valence-corrected chi connectivity index (χ0v) is 17.4. The summed E-state index contributed by atoms with van der Waals surface area (Å²) in [7, 11) is 0. The van der Waals surface area contributed by atoms with Crippen LogP contribution in [0.5, 0.6) is 0 Å². The molecular formula is C22H20ClN7O. The third-order valence-corrected chi connectivity index (χ3v) is 5.52. The maximum atomic E-state index is 12.6. The Balaban J connectivity index is 1.33. The molecule has 1 fully saturated rings. The van der Waals surface area contributed by atoms with Crippen LogP contribution < -0.4 is 10.2 Å². The molecule has 9 heteroatoms. The van der Waals surface area contributed by atoms with Gasteiger partial charge in [-0.3, -0.25) is 0 Å². The van der Waals surface area contributed by atoms with Gasteiger partial charge in [0.05, 0.1) is 17.3 Å². The largest absolute Gasteiger partial charge is 0.352 e. The first-order chi connectivity index (χ1) is 15.2. The summed E-state index contributed by atoms with van der Waals surface area (Å²) in [6.07, 6.45) is 3.33. The number of carbonyl (C=O) groups excluding carboxylic acids is 1. The summed E-state index contributed by atoms with van der Waals surface area (Å²) in [5, 5.41) is 8.95. The lowest BCUT2D eigenvalue weighted by atomic mass is 10.2. The SMILES string of the molecule is O=C(Nc1ccccc1)N1CCN(c2ncnc3c2cnn3-c2cccc(Cl)c2)CC1. The van der Waals surface area contributed by atoms with Gasteiger partial charge < -0.3 is 15.1 Å². The van der Waals surface area contributed by atoms with E-state index in [9.17, 15) is 4.79 Å². The summed E-state index contributed by atoms with van der Waals surface area (Å²) in [4.78, 5) is 25.5. The molecule has 0 bridgehead atoms. The molecule has 0 radical (unpaired) electrons. The fourth-order valence-corrected chi connectivity index (χ4v) is 3.91. The van der Waals surface area contributed by atoms with Crippen molar-refractivity contribution in [1.29, 1.82) is 0 Å². The minimum Gasteiger partial charge on any atom is -0.352 e. The van der Waals surface area contributed by atoms with Crippen LogP contribution in [-0.2, 0) is 0 Å². The molecule has 1 saturated heterocycles. The van der Waals surface area contributed by atoms with Gasteiger partial charge in [-0.1, -0.05) is 35.9 Å². The number of piperazine rings is 1. The van der Waals surface area contributed by atoms with Crippen LogP contribution in [0.25, 0.3) is 16.7 Å². The number of benzene rings is 2. The Labute approximate surface area is 184 Å². The highest BCUT2D eigenvalue weighted by atomic mass is 35.5. The van der Waals surface area contributed by atoms with E-state index in [0.717, 1.165) is 28.2 Å². The monoisotopic (exact) mass is 433 g/mol. The molecule has 4 aromatic rings. The highest BCUT2D eigenvalue weighted by Gasteiger charge is 2.24. The first kappa shape index (κ1) is 19.3. The van der Waals surface area contributed by atoms with Gasteiger partial charge in [0.1, 0.15) is 12.1 Å². The van der Waals surface area contributed by atoms with Gasteiger partial charge in [-0.25, -0.2) is 19.4 Å². The summed E-state index contributed by atoms with van der Waals surface area (Å²) in [5.74, 6) is 0.821. The number of nitrogens with one attached hydrogen (secondary N) is 1. The van der Waals surface area contributed by atoms with Crippen LogP contribution in [0.15, 0.2) is 67.1 Å². The molecule has 2 aromatic heterocycles. The van der Waals surface area contributed by atoms with E-state index in [2.05, 4.69) is 25.3 Å². The summed E-state index contributed by atoms with van der Waals surface area (Å²) < 4.78 is 1.76. The number of anilines is 2. The van der Waals surface area contributed by atoms with E-state index in [-0.39, 0.29) is 6.03 Å². The van der Waals surface area contributed by atoms with Crippen LogP contribution in [0.1, 0.15) is 0 Å². The van der Waals surface area contributed by atoms with Gasteiger partial charge in [-0.15, -0.1) is 0 Å². The van der Waals surface area contributed by atoms with Gasteiger partial charge in [0.15, 0.2) is 5.65 Å². The number of hydrogen-bond acceptors (Lipinski definition) is 5. The van der Waals surface area contributed by atoms with Crippen molar-refractivity contribution in [1.82, 2.24) is 24.6 Å². The molecule has 1 aliphatic heterocycles. The van der Waals surface area contributed by atoms with E-state index in [4.69, 9.17) is 11.6 Å². The number of rotatable bonds is 3. The average Bonchev–Trinajstić information content (AvgIpc) is 3.24. The van der Waals surface area contributed by atoms with Gasteiger partial charge in [-0.05, 0) is 30.3 Å². The fourth-order valence-electron chi connectivity index (χ4n) is 3.73. The number of hydrogen-bond donors (Lipinski definition) is 1. The third-order valence-electron chi connectivity index (χ3n) is 5.29. The number of carbonyl (C=O) groups is 1. The molecule has 2 amide bonds. The lowest BCUT2D eigenvalue weighted by molar-refractivity contribution is 0.208. The highest BCUT2D eigenvalue weighted by molar-refractivity contribution is 6.30. The number of amides is 2. The molecule has 0 unspecified atom stereocenters. The van der Waals surface area contributed by atoms with Crippen molar-refractivity contribution in [2.75, 3.05) is 36.4 Å². The number of urea groups is 1. The van der Waals surface area contributed by atoms with Crippen LogP contribution in [0.4, 0.5) is 16.3 Å². The second-order valence-electron chi connectivity index (χ2n) is 7.24. The predicted octanol–water partition coefficient (Wildman–Crippen LogP) is 3.82. The van der Waals surface area contributed by atoms with E-state index in [1.807, 2.05) is 59.5 Å². The normalized spacial score (nSPS) is 14.1. The summed E-state index contributed by atoms with van der Waals surface area (Å²) in [5.41, 5.74) is 2.35. The Morgan fingerprint density at radius 3 is 2.55 bits per heavy atom. The minimum absolute atomic E-state index is 0.0903. The Morgan fingerprint density at radius 1 is 0.968 bits per heavy atom. The highest BCUT2D eigenvalue weighted by Crippen LogP contribution is 2.26. The molecule has 0 atom stereocenters. The van der Waals surface area contributed by atoms with Gasteiger partial charge in [0.25, 0.3) is 0 Å². The van der Waals surface area contributed by atoms with Crippen LogP contribution >= 0.6 is 11.6 Å². The average molecular weight is 434 g/mol. The lowest BCUT2D eigenvalue weighted by Gasteiger charge is -2.35. The van der Waals surface area contributed by atoms with Crippen LogP contribution in [0, 0.1) is 0 Å². The standard InChI is InChI=1S/C22H20ClN7O/c23-16-5-4-8-18(13-16)30-21-19(14-26-30)20(24-15-25-21)28-9-11-29(12-10-28)22(31)27-17-6-2-1-3-7-17/h1-8,13-15H,9-12H2,(H,27,31). The lowest BCUT2D eigenvalue weighted by Crippen LogP contribution is -2.50. The van der Waals surface area contributed by atoms with Crippen molar-refractivity contribution >= 4 is 40.2 Å². The quantitative estimate of drug-likeness (QED) is 0.531. The van der Waals surface area contributed by atoms with Crippen LogP contribution in [-0.4, -0.2) is 56.9 Å². The van der Waals surface area contributed by atoms with E-state index >= 15 is 0 Å². The number of nitrogens with zero attached hydrogens (tertiary/aromatic N) is 6. The molecule has 0 saturated carbocycles. The summed E-state index contributed by atoms with van der Waals surface area (Å²) in [6, 6.07) is 16.9. The number of fused-ring (bicyclic) bond motifs is 1. The Bertz CT molecular complexity index is 1220. The first-order valence-electron chi connectivity index (χ1n) is 9.99. The molecule has 156 valence electrons. The second-order valence-corrected chi connectivity index (χ2v) is 7.68. The Kier molecular flexibility index (Phi) is 5.13. The number of aromatic nitrogens is 4. The van der Waals surface area contributed by atoms with Crippen molar-refractivity contribution < 1.29 is 4.79 Å². The molecular weight excluding hydrogens is 414 g/mol. The predicted molar refractivity (Wildman–Crippen MR) is 121 cm³/mol. The molecule has 1 N–H and O–H groups in total. The van der Waals surface area contributed by atoms with Gasteiger partial charge >= 0.3 is 6.03 Å². The van der Waals surface area contributed by atoms with Crippen molar-refractivity contribution in [3.63, 3.8) is 0 Å². The third kappa shape index (κ3) is 3.89. The molecule has 3 heterocycles. The number of halogens is 1. The summed E-state index contributed by atoms with van der Waals surface area (Å²) in [6.45, 7) is 2.56. The molecule has 1 aliphatic rings. The molecule has 0 spiro atoms. The van der Waals surface area contributed by atoms with E-state index in [1.165, 1.54) is 0 Å². The van der Waals surface area contributed by atoms with Crippen molar-refractivity contribution in [3.8, 4) is 5.69 Å². The molecule has 5 rings (SSSR count).